The van der Waals surface area contributed by atoms with Crippen LogP contribution in [0.4, 0.5) is 0 Å². The number of ether oxygens (including phenoxy) is 1. The molecule has 1 aliphatic rings. The normalized spacial score (nSPS) is 36.2. The summed E-state index contributed by atoms with van der Waals surface area (Å²) in [5.74, 6) is 1.97. The zero-order valence-corrected chi connectivity index (χ0v) is 10.6. The Labute approximate surface area is 94.0 Å². The van der Waals surface area contributed by atoms with Gasteiger partial charge >= 0.3 is 0 Å². The lowest BCUT2D eigenvalue weighted by Gasteiger charge is -2.41. The fourth-order valence-electron chi connectivity index (χ4n) is 2.79. The van der Waals surface area contributed by atoms with Crippen LogP contribution >= 0.6 is 0 Å². The van der Waals surface area contributed by atoms with Crippen LogP contribution in [0, 0.1) is 17.8 Å². The Morgan fingerprint density at radius 3 is 2.40 bits per heavy atom. The third-order valence-corrected chi connectivity index (χ3v) is 4.36. The Morgan fingerprint density at radius 2 is 1.93 bits per heavy atom. The second kappa shape index (κ2) is 5.31. The highest BCUT2D eigenvalue weighted by molar-refractivity contribution is 4.89. The minimum absolute atomic E-state index is 0.425. The predicted octanol–water partition coefficient (Wildman–Crippen LogP) is 2.85. The molecule has 0 amide bonds. The maximum atomic E-state index is 10.5. The molecule has 1 aliphatic carbocycles. The zero-order chi connectivity index (χ0) is 11.5. The van der Waals surface area contributed by atoms with E-state index in [1.54, 1.807) is 7.11 Å². The van der Waals surface area contributed by atoms with E-state index in [1.807, 2.05) is 0 Å². The van der Waals surface area contributed by atoms with Crippen molar-refractivity contribution >= 4 is 0 Å². The average molecular weight is 214 g/mol. The molecule has 0 aromatic carbocycles. The summed E-state index contributed by atoms with van der Waals surface area (Å²) >= 11 is 0. The van der Waals surface area contributed by atoms with E-state index in [1.165, 1.54) is 6.42 Å². The first-order valence-corrected chi connectivity index (χ1v) is 6.24. The highest BCUT2D eigenvalue weighted by atomic mass is 16.5. The van der Waals surface area contributed by atoms with Crippen LogP contribution in [0.5, 0.6) is 0 Å². The molecule has 1 N–H and O–H groups in total. The van der Waals surface area contributed by atoms with Gasteiger partial charge in [-0.3, -0.25) is 0 Å². The van der Waals surface area contributed by atoms with Crippen molar-refractivity contribution in [2.45, 2.75) is 52.1 Å². The molecule has 0 saturated heterocycles. The van der Waals surface area contributed by atoms with Gasteiger partial charge in [0, 0.05) is 7.11 Å². The molecule has 4 atom stereocenters. The molecule has 0 spiro atoms. The van der Waals surface area contributed by atoms with Gasteiger partial charge in [0.05, 0.1) is 12.2 Å². The lowest BCUT2D eigenvalue weighted by atomic mass is 9.69. The smallest absolute Gasteiger partial charge is 0.0905 e. The molecule has 2 nitrogen and oxygen atoms in total. The molecule has 90 valence electrons. The molecule has 0 aromatic heterocycles. The zero-order valence-electron chi connectivity index (χ0n) is 10.6. The van der Waals surface area contributed by atoms with E-state index >= 15 is 0 Å². The topological polar surface area (TPSA) is 29.5 Å². The molecular weight excluding hydrogens is 188 g/mol. The Kier molecular flexibility index (Phi) is 4.60. The second-order valence-corrected chi connectivity index (χ2v) is 5.35. The molecule has 1 fully saturated rings. The van der Waals surface area contributed by atoms with Gasteiger partial charge in [0.25, 0.3) is 0 Å². The summed E-state index contributed by atoms with van der Waals surface area (Å²) in [4.78, 5) is 0. The summed E-state index contributed by atoms with van der Waals surface area (Å²) in [5, 5.41) is 10.5. The van der Waals surface area contributed by atoms with Crippen molar-refractivity contribution in [2.75, 3.05) is 13.7 Å². The van der Waals surface area contributed by atoms with Crippen molar-refractivity contribution in [1.29, 1.82) is 0 Å². The van der Waals surface area contributed by atoms with Crippen LogP contribution in [0.3, 0.4) is 0 Å². The Balaban J connectivity index is 2.61. The highest BCUT2D eigenvalue weighted by Gasteiger charge is 2.38. The van der Waals surface area contributed by atoms with E-state index in [0.29, 0.717) is 12.5 Å². The minimum atomic E-state index is -0.594. The van der Waals surface area contributed by atoms with Crippen molar-refractivity contribution in [3.63, 3.8) is 0 Å². The molecule has 0 radical (unpaired) electrons. The first-order valence-electron chi connectivity index (χ1n) is 6.24. The lowest BCUT2D eigenvalue weighted by molar-refractivity contribution is -0.0948. The number of hydrogen-bond acceptors (Lipinski definition) is 2. The van der Waals surface area contributed by atoms with E-state index in [4.69, 9.17) is 4.74 Å². The van der Waals surface area contributed by atoms with Gasteiger partial charge in [0.15, 0.2) is 0 Å². The van der Waals surface area contributed by atoms with Gasteiger partial charge < -0.3 is 9.84 Å². The first-order chi connectivity index (χ1) is 7.03. The summed E-state index contributed by atoms with van der Waals surface area (Å²) < 4.78 is 5.16. The summed E-state index contributed by atoms with van der Waals surface area (Å²) in [7, 11) is 1.68. The van der Waals surface area contributed by atoms with Crippen LogP contribution in [0.25, 0.3) is 0 Å². The summed E-state index contributed by atoms with van der Waals surface area (Å²) in [6.07, 6.45) is 4.35. The van der Waals surface area contributed by atoms with Crippen molar-refractivity contribution in [3.05, 3.63) is 0 Å². The van der Waals surface area contributed by atoms with E-state index in [2.05, 4.69) is 20.8 Å². The highest BCUT2D eigenvalue weighted by Crippen LogP contribution is 2.40. The maximum absolute atomic E-state index is 10.5. The Hall–Kier alpha value is -0.0800. The molecule has 0 aliphatic heterocycles. The summed E-state index contributed by atoms with van der Waals surface area (Å²) in [6.45, 7) is 7.17. The van der Waals surface area contributed by atoms with Gasteiger partial charge in [-0.15, -0.1) is 0 Å². The lowest BCUT2D eigenvalue weighted by Crippen LogP contribution is -2.44. The number of aliphatic hydroxyl groups is 1. The van der Waals surface area contributed by atoms with E-state index < -0.39 is 5.60 Å². The third kappa shape index (κ3) is 2.94. The molecular formula is C13H26O2. The monoisotopic (exact) mass is 214 g/mol. The van der Waals surface area contributed by atoms with Crippen molar-refractivity contribution in [1.82, 2.24) is 0 Å². The van der Waals surface area contributed by atoms with E-state index in [0.717, 1.165) is 31.1 Å². The van der Waals surface area contributed by atoms with Gasteiger partial charge in [-0.05, 0) is 37.0 Å². The Morgan fingerprint density at radius 1 is 1.27 bits per heavy atom. The minimum Gasteiger partial charge on any atom is -0.387 e. The fraction of sp³-hybridized carbons (Fsp3) is 1.00. The molecule has 2 heteroatoms. The van der Waals surface area contributed by atoms with Crippen LogP contribution in [0.15, 0.2) is 0 Å². The molecule has 15 heavy (non-hydrogen) atoms. The van der Waals surface area contributed by atoms with Crippen LogP contribution in [-0.2, 0) is 4.74 Å². The van der Waals surface area contributed by atoms with Crippen LogP contribution in [0.2, 0.25) is 0 Å². The van der Waals surface area contributed by atoms with Crippen LogP contribution in [0.1, 0.15) is 46.5 Å². The first kappa shape index (κ1) is 13.0. The maximum Gasteiger partial charge on any atom is 0.0905 e. The van der Waals surface area contributed by atoms with Gasteiger partial charge in [-0.2, -0.15) is 0 Å². The quantitative estimate of drug-likeness (QED) is 0.779. The second-order valence-electron chi connectivity index (χ2n) is 5.35. The van der Waals surface area contributed by atoms with Crippen molar-refractivity contribution in [3.8, 4) is 0 Å². The standard InChI is InChI=1S/C13H26O2/c1-5-13(14,9-15-4)12-7-6-10(2)11(3)8-12/h10-12,14H,5-9H2,1-4H3. The van der Waals surface area contributed by atoms with Crippen molar-refractivity contribution < 1.29 is 9.84 Å². The molecule has 1 rings (SSSR count). The molecule has 1 saturated carbocycles. The summed E-state index contributed by atoms with van der Waals surface area (Å²) in [6, 6.07) is 0. The SMILES string of the molecule is CCC(O)(COC)C1CCC(C)C(C)C1. The van der Waals surface area contributed by atoms with Crippen molar-refractivity contribution in [2.24, 2.45) is 17.8 Å². The van der Waals surface area contributed by atoms with Crippen LogP contribution < -0.4 is 0 Å². The number of rotatable bonds is 4. The largest absolute Gasteiger partial charge is 0.387 e. The third-order valence-electron chi connectivity index (χ3n) is 4.36. The number of methoxy groups -OCH3 is 1. The molecule has 0 bridgehead atoms. The van der Waals surface area contributed by atoms with E-state index in [-0.39, 0.29) is 0 Å². The average Bonchev–Trinajstić information content (AvgIpc) is 2.22. The summed E-state index contributed by atoms with van der Waals surface area (Å²) in [5.41, 5.74) is -0.594. The van der Waals surface area contributed by atoms with E-state index in [9.17, 15) is 5.11 Å². The van der Waals surface area contributed by atoms with Gasteiger partial charge in [-0.25, -0.2) is 0 Å². The number of hydrogen-bond donors (Lipinski definition) is 1. The molecule has 4 unspecified atom stereocenters. The fourth-order valence-corrected chi connectivity index (χ4v) is 2.79. The molecule has 0 heterocycles. The van der Waals surface area contributed by atoms with Gasteiger partial charge in [-0.1, -0.05) is 27.2 Å². The van der Waals surface area contributed by atoms with Gasteiger partial charge in [0.1, 0.15) is 0 Å². The predicted molar refractivity (Wildman–Crippen MR) is 62.8 cm³/mol. The van der Waals surface area contributed by atoms with Gasteiger partial charge in [0.2, 0.25) is 0 Å². The molecule has 0 aromatic rings. The van der Waals surface area contributed by atoms with Crippen LogP contribution in [-0.4, -0.2) is 24.4 Å². The Bertz CT molecular complexity index is 193.